The van der Waals surface area contributed by atoms with Crippen molar-refractivity contribution in [2.45, 2.75) is 32.0 Å². The van der Waals surface area contributed by atoms with Gasteiger partial charge in [0.25, 0.3) is 0 Å². The van der Waals surface area contributed by atoms with Crippen LogP contribution in [0.5, 0.6) is 11.5 Å². The molecular weight excluding hydrogens is 373 g/mol. The number of nitrogens with one attached hydrogen (secondary N) is 2. The van der Waals surface area contributed by atoms with Crippen LogP contribution in [0.25, 0.3) is 0 Å². The molecule has 0 saturated carbocycles. The zero-order valence-electron chi connectivity index (χ0n) is 15.7. The number of rotatable bonds is 8. The second kappa shape index (κ2) is 9.87. The van der Waals surface area contributed by atoms with Gasteiger partial charge in [-0.2, -0.15) is 13.2 Å². The first-order chi connectivity index (χ1) is 13.3. The second-order valence-electron chi connectivity index (χ2n) is 6.29. The van der Waals surface area contributed by atoms with Crippen molar-refractivity contribution in [1.82, 2.24) is 5.32 Å². The molecule has 0 heterocycles. The van der Waals surface area contributed by atoms with E-state index < -0.39 is 18.8 Å². The summed E-state index contributed by atoms with van der Waals surface area (Å²) in [5.41, 5.74) is 1.48. The Bertz CT molecular complexity index is 767. The number of alkyl halides is 3. The Morgan fingerprint density at radius 1 is 1.11 bits per heavy atom. The molecule has 0 aliphatic rings. The Hall–Kier alpha value is -2.90. The molecule has 1 atom stereocenters. The summed E-state index contributed by atoms with van der Waals surface area (Å²) in [5.74, 6) is 0.0428. The fraction of sp³-hybridized carbons (Fsp3) is 0.350. The molecule has 2 N–H and O–H groups in total. The minimum absolute atomic E-state index is 0.0839. The summed E-state index contributed by atoms with van der Waals surface area (Å²) in [6, 6.07) is 13.6. The monoisotopic (exact) mass is 396 g/mol. The van der Waals surface area contributed by atoms with Gasteiger partial charge in [-0.1, -0.05) is 30.3 Å². The highest BCUT2D eigenvalue weighted by molar-refractivity contribution is 5.89. The highest BCUT2D eigenvalue weighted by atomic mass is 19.4. The van der Waals surface area contributed by atoms with Crippen LogP contribution < -0.4 is 20.1 Å². The minimum atomic E-state index is -4.47. The van der Waals surface area contributed by atoms with Crippen LogP contribution in [0, 0.1) is 0 Å². The number of methoxy groups -OCH3 is 1. The van der Waals surface area contributed by atoms with Gasteiger partial charge in [-0.25, -0.2) is 4.79 Å². The van der Waals surface area contributed by atoms with E-state index in [9.17, 15) is 18.0 Å². The first kappa shape index (κ1) is 21.4. The molecule has 0 aliphatic carbocycles. The summed E-state index contributed by atoms with van der Waals surface area (Å²) in [7, 11) is 1.32. The van der Waals surface area contributed by atoms with E-state index in [1.54, 1.807) is 0 Å². The van der Waals surface area contributed by atoms with Crippen molar-refractivity contribution in [3.05, 3.63) is 54.1 Å². The highest BCUT2D eigenvalue weighted by Gasteiger charge is 2.29. The highest BCUT2D eigenvalue weighted by Crippen LogP contribution is 2.31. The molecule has 8 heteroatoms. The molecule has 1 unspecified atom stereocenters. The van der Waals surface area contributed by atoms with Gasteiger partial charge in [0.15, 0.2) is 18.1 Å². The van der Waals surface area contributed by atoms with Crippen molar-refractivity contribution in [3.63, 3.8) is 0 Å². The van der Waals surface area contributed by atoms with Crippen molar-refractivity contribution >= 4 is 11.7 Å². The molecule has 0 bridgehead atoms. The van der Waals surface area contributed by atoms with E-state index >= 15 is 0 Å². The maximum absolute atomic E-state index is 12.4. The van der Waals surface area contributed by atoms with E-state index in [1.807, 2.05) is 37.3 Å². The predicted molar refractivity (Wildman–Crippen MR) is 101 cm³/mol. The van der Waals surface area contributed by atoms with Crippen LogP contribution in [0.1, 0.15) is 18.9 Å². The molecule has 0 saturated heterocycles. The third-order valence-electron chi connectivity index (χ3n) is 3.90. The Balaban J connectivity index is 1.89. The van der Waals surface area contributed by atoms with Crippen molar-refractivity contribution in [1.29, 1.82) is 0 Å². The van der Waals surface area contributed by atoms with Gasteiger partial charge < -0.3 is 20.1 Å². The van der Waals surface area contributed by atoms with E-state index in [4.69, 9.17) is 9.47 Å². The number of benzene rings is 2. The van der Waals surface area contributed by atoms with Gasteiger partial charge in [0.05, 0.1) is 7.11 Å². The Kier molecular flexibility index (Phi) is 7.54. The summed E-state index contributed by atoms with van der Waals surface area (Å²) in [5, 5.41) is 5.39. The molecule has 2 rings (SSSR count). The molecule has 2 aromatic carbocycles. The number of anilines is 1. The average molecular weight is 396 g/mol. The van der Waals surface area contributed by atoms with E-state index in [1.165, 1.54) is 30.9 Å². The maximum Gasteiger partial charge on any atom is 0.422 e. The SMILES string of the molecule is COc1ccc(NC(=O)NC(C)CCc2ccccc2)cc1OCC(F)(F)F. The maximum atomic E-state index is 12.4. The molecule has 0 aromatic heterocycles. The number of halogens is 3. The number of carbonyl (C=O) groups excluding carboxylic acids is 1. The Morgan fingerprint density at radius 2 is 1.82 bits per heavy atom. The third kappa shape index (κ3) is 7.38. The van der Waals surface area contributed by atoms with Gasteiger partial charge in [-0.15, -0.1) is 0 Å². The van der Waals surface area contributed by atoms with Crippen LogP contribution in [-0.4, -0.2) is 32.0 Å². The largest absolute Gasteiger partial charge is 0.493 e. The first-order valence-electron chi connectivity index (χ1n) is 8.76. The van der Waals surface area contributed by atoms with Crippen molar-refractivity contribution in [2.75, 3.05) is 19.0 Å². The smallest absolute Gasteiger partial charge is 0.422 e. The van der Waals surface area contributed by atoms with Gasteiger partial charge in [0, 0.05) is 17.8 Å². The molecule has 2 aromatic rings. The van der Waals surface area contributed by atoms with E-state index in [-0.39, 0.29) is 17.5 Å². The predicted octanol–water partition coefficient (Wildman–Crippen LogP) is 4.78. The summed E-state index contributed by atoms with van der Waals surface area (Å²) >= 11 is 0. The summed E-state index contributed by atoms with van der Waals surface area (Å²) in [6.45, 7) is 0.434. The van der Waals surface area contributed by atoms with E-state index in [2.05, 4.69) is 10.6 Å². The van der Waals surface area contributed by atoms with Crippen molar-refractivity contribution in [2.24, 2.45) is 0 Å². The van der Waals surface area contributed by atoms with Gasteiger partial charge in [-0.3, -0.25) is 0 Å². The molecule has 0 fully saturated rings. The summed E-state index contributed by atoms with van der Waals surface area (Å²) in [4.78, 5) is 12.1. The molecular formula is C20H23F3N2O3. The minimum Gasteiger partial charge on any atom is -0.493 e. The fourth-order valence-electron chi connectivity index (χ4n) is 2.52. The van der Waals surface area contributed by atoms with Gasteiger partial charge >= 0.3 is 12.2 Å². The summed E-state index contributed by atoms with van der Waals surface area (Å²) in [6.07, 6.45) is -2.90. The lowest BCUT2D eigenvalue weighted by molar-refractivity contribution is -0.153. The average Bonchev–Trinajstić information content (AvgIpc) is 2.65. The quantitative estimate of drug-likeness (QED) is 0.675. The molecule has 152 valence electrons. The topological polar surface area (TPSA) is 59.6 Å². The van der Waals surface area contributed by atoms with Crippen LogP contribution in [-0.2, 0) is 6.42 Å². The summed E-state index contributed by atoms with van der Waals surface area (Å²) < 4.78 is 46.9. The number of hydrogen-bond acceptors (Lipinski definition) is 3. The molecule has 5 nitrogen and oxygen atoms in total. The lowest BCUT2D eigenvalue weighted by atomic mass is 10.1. The first-order valence-corrected chi connectivity index (χ1v) is 8.76. The van der Waals surface area contributed by atoms with E-state index in [0.29, 0.717) is 5.69 Å². The Labute approximate surface area is 161 Å². The molecule has 28 heavy (non-hydrogen) atoms. The third-order valence-corrected chi connectivity index (χ3v) is 3.90. The number of urea groups is 1. The zero-order valence-corrected chi connectivity index (χ0v) is 15.7. The van der Waals surface area contributed by atoms with Crippen LogP contribution in [0.2, 0.25) is 0 Å². The van der Waals surface area contributed by atoms with Gasteiger partial charge in [-0.05, 0) is 37.5 Å². The number of hydrogen-bond donors (Lipinski definition) is 2. The number of ether oxygens (including phenoxy) is 2. The molecule has 0 aliphatic heterocycles. The van der Waals surface area contributed by atoms with E-state index in [0.717, 1.165) is 12.8 Å². The van der Waals surface area contributed by atoms with Crippen LogP contribution in [0.15, 0.2) is 48.5 Å². The van der Waals surface area contributed by atoms with Crippen molar-refractivity contribution < 1.29 is 27.4 Å². The van der Waals surface area contributed by atoms with Gasteiger partial charge in [0.2, 0.25) is 0 Å². The molecule has 0 spiro atoms. The molecule has 2 amide bonds. The lowest BCUT2D eigenvalue weighted by Gasteiger charge is -2.16. The van der Waals surface area contributed by atoms with Crippen LogP contribution in [0.3, 0.4) is 0 Å². The fourth-order valence-corrected chi connectivity index (χ4v) is 2.52. The van der Waals surface area contributed by atoms with Crippen molar-refractivity contribution in [3.8, 4) is 11.5 Å². The van der Waals surface area contributed by atoms with Gasteiger partial charge in [0.1, 0.15) is 0 Å². The molecule has 0 radical (unpaired) electrons. The standard InChI is InChI=1S/C20H23F3N2O3/c1-14(8-9-15-6-4-3-5-7-15)24-19(26)25-16-10-11-17(27-2)18(12-16)28-13-20(21,22)23/h3-7,10-12,14H,8-9,13H2,1-2H3,(H2,24,25,26). The Morgan fingerprint density at radius 3 is 2.46 bits per heavy atom. The van der Waals surface area contributed by atoms with Crippen LogP contribution in [0.4, 0.5) is 23.7 Å². The second-order valence-corrected chi connectivity index (χ2v) is 6.29. The number of carbonyl (C=O) groups is 1. The zero-order chi connectivity index (χ0) is 20.6. The lowest BCUT2D eigenvalue weighted by Crippen LogP contribution is -2.36. The normalized spacial score (nSPS) is 12.2. The van der Waals surface area contributed by atoms with Crippen LogP contribution >= 0.6 is 0 Å². The number of aryl methyl sites for hydroxylation is 1. The number of amides is 2.